The van der Waals surface area contributed by atoms with Crippen molar-refractivity contribution in [1.82, 2.24) is 10.6 Å². The van der Waals surface area contributed by atoms with Gasteiger partial charge in [0.15, 0.2) is 11.5 Å². The summed E-state index contributed by atoms with van der Waals surface area (Å²) in [5.41, 5.74) is -0.552. The molecule has 26 heavy (non-hydrogen) atoms. The SMILES string of the molecule is O=C(CNC(=O)c1cc2c(cc1[N+](=O)[O-])OCCO2)NC1CCCCC1. The molecule has 1 saturated carbocycles. The average Bonchev–Trinajstić information content (AvgIpc) is 2.65. The lowest BCUT2D eigenvalue weighted by molar-refractivity contribution is -0.385. The quantitative estimate of drug-likeness (QED) is 0.605. The van der Waals surface area contributed by atoms with Gasteiger partial charge in [-0.15, -0.1) is 0 Å². The van der Waals surface area contributed by atoms with Gasteiger partial charge in [-0.2, -0.15) is 0 Å². The number of ether oxygens (including phenoxy) is 2. The highest BCUT2D eigenvalue weighted by molar-refractivity contribution is 6.00. The maximum atomic E-state index is 12.4. The van der Waals surface area contributed by atoms with Crippen LogP contribution in [0.5, 0.6) is 11.5 Å². The minimum absolute atomic E-state index is 0.136. The molecule has 0 atom stereocenters. The Hall–Kier alpha value is -2.84. The monoisotopic (exact) mass is 363 g/mol. The second-order valence-electron chi connectivity index (χ2n) is 6.36. The Morgan fingerprint density at radius 1 is 1.12 bits per heavy atom. The Morgan fingerprint density at radius 3 is 2.42 bits per heavy atom. The van der Waals surface area contributed by atoms with Crippen LogP contribution in [0, 0.1) is 10.1 Å². The molecule has 140 valence electrons. The van der Waals surface area contributed by atoms with E-state index in [0.717, 1.165) is 25.7 Å². The molecule has 1 aliphatic carbocycles. The second kappa shape index (κ2) is 8.03. The fourth-order valence-electron chi connectivity index (χ4n) is 3.19. The van der Waals surface area contributed by atoms with E-state index in [1.54, 1.807) is 0 Å². The van der Waals surface area contributed by atoms with E-state index in [4.69, 9.17) is 9.47 Å². The molecule has 3 rings (SSSR count). The Labute approximate surface area is 150 Å². The molecular weight excluding hydrogens is 342 g/mol. The lowest BCUT2D eigenvalue weighted by atomic mass is 9.95. The first kappa shape index (κ1) is 18.0. The predicted molar refractivity (Wildman–Crippen MR) is 91.4 cm³/mol. The van der Waals surface area contributed by atoms with Crippen molar-refractivity contribution < 1.29 is 24.0 Å². The molecule has 1 aliphatic heterocycles. The molecule has 1 aromatic rings. The number of benzene rings is 1. The summed E-state index contributed by atoms with van der Waals surface area (Å²) in [4.78, 5) is 35.0. The highest BCUT2D eigenvalue weighted by atomic mass is 16.6. The number of nitrogens with zero attached hydrogens (tertiary/aromatic N) is 1. The summed E-state index contributed by atoms with van der Waals surface area (Å²) < 4.78 is 10.7. The van der Waals surface area contributed by atoms with Crippen molar-refractivity contribution in [3.8, 4) is 11.5 Å². The van der Waals surface area contributed by atoms with E-state index in [9.17, 15) is 19.7 Å². The van der Waals surface area contributed by atoms with Crippen LogP contribution in [0.2, 0.25) is 0 Å². The standard InChI is InChI=1S/C17H21N3O6/c21-16(19-11-4-2-1-3-5-11)10-18-17(22)12-8-14-15(26-7-6-25-14)9-13(12)20(23)24/h8-9,11H,1-7,10H2,(H,18,22)(H,19,21). The topological polar surface area (TPSA) is 120 Å². The molecule has 0 spiro atoms. The van der Waals surface area contributed by atoms with E-state index in [0.29, 0.717) is 6.61 Å². The van der Waals surface area contributed by atoms with E-state index >= 15 is 0 Å². The minimum Gasteiger partial charge on any atom is -0.486 e. The molecule has 1 aromatic carbocycles. The predicted octanol–water partition coefficient (Wildman–Crippen LogP) is 1.54. The van der Waals surface area contributed by atoms with Crippen molar-refractivity contribution in [2.75, 3.05) is 19.8 Å². The van der Waals surface area contributed by atoms with Crippen LogP contribution in [0.15, 0.2) is 12.1 Å². The molecule has 0 aromatic heterocycles. The number of amides is 2. The van der Waals surface area contributed by atoms with Crippen molar-refractivity contribution in [3.05, 3.63) is 27.8 Å². The molecule has 0 radical (unpaired) electrons. The summed E-state index contributed by atoms with van der Waals surface area (Å²) in [6.07, 6.45) is 5.22. The zero-order chi connectivity index (χ0) is 18.5. The van der Waals surface area contributed by atoms with Crippen molar-refractivity contribution >= 4 is 17.5 Å². The lowest BCUT2D eigenvalue weighted by Crippen LogP contribution is -2.42. The van der Waals surface area contributed by atoms with Gasteiger partial charge in [0.2, 0.25) is 5.91 Å². The van der Waals surface area contributed by atoms with Crippen LogP contribution >= 0.6 is 0 Å². The Morgan fingerprint density at radius 2 is 1.77 bits per heavy atom. The van der Waals surface area contributed by atoms with E-state index in [2.05, 4.69) is 10.6 Å². The molecule has 0 bridgehead atoms. The lowest BCUT2D eigenvalue weighted by Gasteiger charge is -2.22. The second-order valence-corrected chi connectivity index (χ2v) is 6.36. The summed E-state index contributed by atoms with van der Waals surface area (Å²) in [6, 6.07) is 2.59. The first-order chi connectivity index (χ1) is 12.5. The van der Waals surface area contributed by atoms with Crippen LogP contribution in [0.3, 0.4) is 0 Å². The zero-order valence-corrected chi connectivity index (χ0v) is 14.3. The first-order valence-corrected chi connectivity index (χ1v) is 8.70. The Balaban J connectivity index is 1.65. The molecule has 1 fully saturated rings. The smallest absolute Gasteiger partial charge is 0.286 e. The van der Waals surface area contributed by atoms with Crippen LogP contribution in [-0.2, 0) is 4.79 Å². The van der Waals surface area contributed by atoms with Crippen LogP contribution < -0.4 is 20.1 Å². The molecule has 2 amide bonds. The van der Waals surface area contributed by atoms with Crippen LogP contribution in [0.4, 0.5) is 5.69 Å². The summed E-state index contributed by atoms with van der Waals surface area (Å²) in [5.74, 6) is -0.494. The molecule has 0 unspecified atom stereocenters. The third kappa shape index (κ3) is 4.22. The fraction of sp³-hybridized carbons (Fsp3) is 0.529. The average molecular weight is 363 g/mol. The number of rotatable bonds is 5. The fourth-order valence-corrected chi connectivity index (χ4v) is 3.19. The number of carbonyl (C=O) groups is 2. The first-order valence-electron chi connectivity index (χ1n) is 8.70. The minimum atomic E-state index is -0.701. The zero-order valence-electron chi connectivity index (χ0n) is 14.3. The van der Waals surface area contributed by atoms with Gasteiger partial charge in [-0.1, -0.05) is 19.3 Å². The third-order valence-corrected chi connectivity index (χ3v) is 4.48. The van der Waals surface area contributed by atoms with Crippen LogP contribution in [-0.4, -0.2) is 42.5 Å². The summed E-state index contributed by atoms with van der Waals surface area (Å²) in [6.45, 7) is 0.355. The molecule has 0 saturated heterocycles. The molecule has 2 aliphatic rings. The molecular formula is C17H21N3O6. The maximum Gasteiger partial charge on any atom is 0.286 e. The highest BCUT2D eigenvalue weighted by Crippen LogP contribution is 2.36. The van der Waals surface area contributed by atoms with Crippen LogP contribution in [0.25, 0.3) is 0 Å². The summed E-state index contributed by atoms with van der Waals surface area (Å²) >= 11 is 0. The molecule has 2 N–H and O–H groups in total. The van der Waals surface area contributed by atoms with Gasteiger partial charge in [0.1, 0.15) is 18.8 Å². The van der Waals surface area contributed by atoms with Gasteiger partial charge in [0, 0.05) is 12.1 Å². The largest absolute Gasteiger partial charge is 0.486 e. The van der Waals surface area contributed by atoms with Crippen LogP contribution in [0.1, 0.15) is 42.5 Å². The van der Waals surface area contributed by atoms with Gasteiger partial charge < -0.3 is 20.1 Å². The van der Waals surface area contributed by atoms with Gasteiger partial charge >= 0.3 is 0 Å². The van der Waals surface area contributed by atoms with E-state index in [-0.39, 0.29) is 47.9 Å². The number of hydrogen-bond donors (Lipinski definition) is 2. The van der Waals surface area contributed by atoms with E-state index < -0.39 is 10.8 Å². The van der Waals surface area contributed by atoms with Gasteiger partial charge in [-0.05, 0) is 12.8 Å². The maximum absolute atomic E-state index is 12.4. The van der Waals surface area contributed by atoms with Crippen molar-refractivity contribution in [1.29, 1.82) is 0 Å². The third-order valence-electron chi connectivity index (χ3n) is 4.48. The van der Waals surface area contributed by atoms with Crippen molar-refractivity contribution in [2.45, 2.75) is 38.1 Å². The van der Waals surface area contributed by atoms with Gasteiger partial charge in [0.05, 0.1) is 17.5 Å². The summed E-state index contributed by atoms with van der Waals surface area (Å²) in [7, 11) is 0. The van der Waals surface area contributed by atoms with Gasteiger partial charge in [-0.25, -0.2) is 0 Å². The number of carbonyl (C=O) groups excluding carboxylic acids is 2. The molecule has 1 heterocycles. The number of nitrogens with one attached hydrogen (secondary N) is 2. The number of hydrogen-bond acceptors (Lipinski definition) is 6. The number of fused-ring (bicyclic) bond motifs is 1. The van der Waals surface area contributed by atoms with E-state index in [1.807, 2.05) is 0 Å². The molecule has 9 heteroatoms. The normalized spacial score (nSPS) is 16.6. The number of nitro groups is 1. The van der Waals surface area contributed by atoms with E-state index in [1.165, 1.54) is 18.6 Å². The Bertz CT molecular complexity index is 715. The Kier molecular flexibility index (Phi) is 5.55. The van der Waals surface area contributed by atoms with Gasteiger partial charge in [-0.3, -0.25) is 19.7 Å². The highest BCUT2D eigenvalue weighted by Gasteiger charge is 2.26. The molecule has 9 nitrogen and oxygen atoms in total. The number of nitro benzene ring substituents is 1. The van der Waals surface area contributed by atoms with Gasteiger partial charge in [0.25, 0.3) is 11.6 Å². The van der Waals surface area contributed by atoms with Crippen molar-refractivity contribution in [2.24, 2.45) is 0 Å². The van der Waals surface area contributed by atoms with Crippen molar-refractivity contribution in [3.63, 3.8) is 0 Å². The summed E-state index contributed by atoms with van der Waals surface area (Å²) in [5, 5.41) is 16.6.